The summed E-state index contributed by atoms with van der Waals surface area (Å²) < 4.78 is 10.3. The molecule has 2 amide bonds. The first-order valence-corrected chi connectivity index (χ1v) is 11.0. The summed E-state index contributed by atoms with van der Waals surface area (Å²) in [6.45, 7) is 2.02. The van der Waals surface area contributed by atoms with Gasteiger partial charge in [-0.05, 0) is 42.0 Å². The summed E-state index contributed by atoms with van der Waals surface area (Å²) >= 11 is 0. The Morgan fingerprint density at radius 3 is 2.21 bits per heavy atom. The number of carbonyl (C=O) groups excluding carboxylic acids is 2. The quantitative estimate of drug-likeness (QED) is 0.480. The van der Waals surface area contributed by atoms with Crippen LogP contribution in [-0.2, 0) is 19.1 Å². The van der Waals surface area contributed by atoms with E-state index in [4.69, 9.17) is 14.6 Å². The third-order valence-electron chi connectivity index (χ3n) is 5.79. The van der Waals surface area contributed by atoms with Crippen LogP contribution in [0.4, 0.5) is 4.79 Å². The number of rotatable bonds is 11. The highest BCUT2D eigenvalue weighted by Gasteiger charge is 2.29. The molecule has 2 atom stereocenters. The summed E-state index contributed by atoms with van der Waals surface area (Å²) in [6, 6.07) is 16.2. The van der Waals surface area contributed by atoms with E-state index in [2.05, 4.69) is 34.9 Å². The molecular formula is C25H30N2O6. The minimum Gasteiger partial charge on any atom is -0.479 e. The van der Waals surface area contributed by atoms with Crippen LogP contribution in [0.1, 0.15) is 43.2 Å². The number of methoxy groups -OCH3 is 1. The molecule has 2 aromatic rings. The Balaban J connectivity index is 1.40. The lowest BCUT2D eigenvalue weighted by molar-refractivity contribution is -0.148. The maximum Gasteiger partial charge on any atom is 0.407 e. The van der Waals surface area contributed by atoms with Gasteiger partial charge in [0.05, 0.1) is 6.54 Å². The van der Waals surface area contributed by atoms with Gasteiger partial charge in [0, 0.05) is 25.5 Å². The smallest absolute Gasteiger partial charge is 0.407 e. The van der Waals surface area contributed by atoms with Gasteiger partial charge in [-0.15, -0.1) is 0 Å². The van der Waals surface area contributed by atoms with Crippen molar-refractivity contribution in [1.82, 2.24) is 10.6 Å². The zero-order valence-corrected chi connectivity index (χ0v) is 18.9. The number of hydrogen-bond donors (Lipinski definition) is 3. The summed E-state index contributed by atoms with van der Waals surface area (Å²) in [5, 5.41) is 14.3. The van der Waals surface area contributed by atoms with E-state index in [9.17, 15) is 14.4 Å². The molecule has 2 aromatic carbocycles. The Morgan fingerprint density at radius 1 is 1.03 bits per heavy atom. The monoisotopic (exact) mass is 454 g/mol. The Bertz CT molecular complexity index is 947. The van der Waals surface area contributed by atoms with Crippen molar-refractivity contribution in [2.75, 3.05) is 20.3 Å². The molecule has 0 radical (unpaired) electrons. The third kappa shape index (κ3) is 6.32. The van der Waals surface area contributed by atoms with E-state index in [-0.39, 0.29) is 37.4 Å². The summed E-state index contributed by atoms with van der Waals surface area (Å²) in [5.74, 6) is -1.38. The standard InChI is InChI=1S/C25H30N2O6/c1-16(8-7-13-23(28)26-14-22(32-2)24(29)30)27-25(31)33-15-21-19-11-5-3-9-17(19)18-10-4-6-12-20(18)21/h3-6,9-12,16,21-22H,7-8,13-15H2,1-2H3,(H,26,28)(H,27,31)(H,29,30). The van der Waals surface area contributed by atoms with E-state index < -0.39 is 18.2 Å². The zero-order valence-electron chi connectivity index (χ0n) is 18.9. The molecule has 33 heavy (non-hydrogen) atoms. The number of hydrogen-bond acceptors (Lipinski definition) is 5. The SMILES string of the molecule is COC(CNC(=O)CCCC(C)NC(=O)OCC1c2ccccc2-c2ccccc21)C(=O)O. The largest absolute Gasteiger partial charge is 0.479 e. The third-order valence-corrected chi connectivity index (χ3v) is 5.79. The van der Waals surface area contributed by atoms with Gasteiger partial charge >= 0.3 is 12.1 Å². The second kappa shape index (κ2) is 11.5. The lowest BCUT2D eigenvalue weighted by atomic mass is 9.98. The highest BCUT2D eigenvalue weighted by molar-refractivity contribution is 5.79. The Hall–Kier alpha value is -3.39. The van der Waals surface area contributed by atoms with Gasteiger partial charge in [-0.2, -0.15) is 0 Å². The van der Waals surface area contributed by atoms with Gasteiger partial charge in [-0.25, -0.2) is 9.59 Å². The molecule has 1 aliphatic rings. The van der Waals surface area contributed by atoms with Gasteiger partial charge in [0.15, 0.2) is 6.10 Å². The summed E-state index contributed by atoms with van der Waals surface area (Å²) in [7, 11) is 1.28. The first-order chi connectivity index (χ1) is 15.9. The normalized spacial score (nSPS) is 14.0. The van der Waals surface area contributed by atoms with E-state index in [0.29, 0.717) is 12.8 Å². The van der Waals surface area contributed by atoms with Crippen molar-refractivity contribution < 1.29 is 29.0 Å². The molecule has 0 spiro atoms. The lowest BCUT2D eigenvalue weighted by Crippen LogP contribution is -2.38. The highest BCUT2D eigenvalue weighted by atomic mass is 16.5. The second-order valence-corrected chi connectivity index (χ2v) is 8.13. The lowest BCUT2D eigenvalue weighted by Gasteiger charge is -2.17. The molecule has 2 unspecified atom stereocenters. The van der Waals surface area contributed by atoms with E-state index in [1.165, 1.54) is 18.2 Å². The van der Waals surface area contributed by atoms with Crippen LogP contribution in [0.2, 0.25) is 0 Å². The summed E-state index contributed by atoms with van der Waals surface area (Å²) in [5.41, 5.74) is 4.66. The first-order valence-electron chi connectivity index (χ1n) is 11.0. The van der Waals surface area contributed by atoms with E-state index in [1.54, 1.807) is 0 Å². The molecular weight excluding hydrogens is 424 g/mol. The number of nitrogens with one attached hydrogen (secondary N) is 2. The van der Waals surface area contributed by atoms with Gasteiger partial charge in [-0.1, -0.05) is 48.5 Å². The number of carbonyl (C=O) groups is 3. The molecule has 0 saturated carbocycles. The van der Waals surface area contributed by atoms with Crippen molar-refractivity contribution in [3.05, 3.63) is 59.7 Å². The van der Waals surface area contributed by atoms with Crippen molar-refractivity contribution in [3.8, 4) is 11.1 Å². The minimum absolute atomic E-state index is 0.00359. The van der Waals surface area contributed by atoms with E-state index in [0.717, 1.165) is 11.1 Å². The molecule has 0 bridgehead atoms. The minimum atomic E-state index is -1.13. The zero-order chi connectivity index (χ0) is 23.8. The van der Waals surface area contributed by atoms with Crippen LogP contribution in [0, 0.1) is 0 Å². The Kier molecular flexibility index (Phi) is 8.43. The predicted octanol–water partition coefficient (Wildman–Crippen LogP) is 3.30. The molecule has 8 heteroatoms. The highest BCUT2D eigenvalue weighted by Crippen LogP contribution is 2.44. The summed E-state index contributed by atoms with van der Waals surface area (Å²) in [6.07, 6.45) is -0.195. The number of benzene rings is 2. The molecule has 1 aliphatic carbocycles. The Labute approximate surface area is 193 Å². The van der Waals surface area contributed by atoms with Crippen LogP contribution >= 0.6 is 0 Å². The van der Waals surface area contributed by atoms with Crippen molar-refractivity contribution >= 4 is 18.0 Å². The molecule has 0 aromatic heterocycles. The van der Waals surface area contributed by atoms with Gasteiger partial charge in [0.1, 0.15) is 6.61 Å². The molecule has 3 rings (SSSR count). The van der Waals surface area contributed by atoms with Gasteiger partial charge in [0.2, 0.25) is 5.91 Å². The number of fused-ring (bicyclic) bond motifs is 3. The maximum absolute atomic E-state index is 12.3. The topological polar surface area (TPSA) is 114 Å². The summed E-state index contributed by atoms with van der Waals surface area (Å²) in [4.78, 5) is 35.1. The fourth-order valence-corrected chi connectivity index (χ4v) is 4.05. The molecule has 176 valence electrons. The average Bonchev–Trinajstić information content (AvgIpc) is 3.11. The number of carboxylic acid groups (broad SMARTS) is 1. The van der Waals surface area contributed by atoms with Crippen molar-refractivity contribution in [3.63, 3.8) is 0 Å². The van der Waals surface area contributed by atoms with Crippen LogP contribution < -0.4 is 10.6 Å². The van der Waals surface area contributed by atoms with Crippen LogP contribution in [0.25, 0.3) is 11.1 Å². The van der Waals surface area contributed by atoms with Crippen molar-refractivity contribution in [2.45, 2.75) is 44.2 Å². The molecule has 3 N–H and O–H groups in total. The van der Waals surface area contributed by atoms with Crippen LogP contribution in [0.3, 0.4) is 0 Å². The van der Waals surface area contributed by atoms with Gasteiger partial charge < -0.3 is 25.2 Å². The van der Waals surface area contributed by atoms with Gasteiger partial charge in [-0.3, -0.25) is 4.79 Å². The molecule has 8 nitrogen and oxygen atoms in total. The number of carboxylic acids is 1. The van der Waals surface area contributed by atoms with E-state index >= 15 is 0 Å². The molecule has 0 aliphatic heterocycles. The molecule has 0 fully saturated rings. The first kappa shape index (κ1) is 24.3. The van der Waals surface area contributed by atoms with Crippen molar-refractivity contribution in [2.24, 2.45) is 0 Å². The predicted molar refractivity (Wildman–Crippen MR) is 123 cm³/mol. The number of ether oxygens (including phenoxy) is 2. The van der Waals surface area contributed by atoms with Crippen LogP contribution in [0.5, 0.6) is 0 Å². The van der Waals surface area contributed by atoms with Crippen LogP contribution in [-0.4, -0.2) is 55.5 Å². The number of amides is 2. The fraction of sp³-hybridized carbons (Fsp3) is 0.400. The van der Waals surface area contributed by atoms with Gasteiger partial charge in [0.25, 0.3) is 0 Å². The number of alkyl carbamates (subject to hydrolysis) is 1. The molecule has 0 saturated heterocycles. The maximum atomic E-state index is 12.3. The van der Waals surface area contributed by atoms with Crippen molar-refractivity contribution in [1.29, 1.82) is 0 Å². The van der Waals surface area contributed by atoms with E-state index in [1.807, 2.05) is 31.2 Å². The second-order valence-electron chi connectivity index (χ2n) is 8.13. The number of aliphatic carboxylic acids is 1. The average molecular weight is 455 g/mol. The molecule has 0 heterocycles. The Morgan fingerprint density at radius 2 is 1.64 bits per heavy atom. The van der Waals surface area contributed by atoms with Crippen LogP contribution in [0.15, 0.2) is 48.5 Å². The fourth-order valence-electron chi connectivity index (χ4n) is 4.05.